The summed E-state index contributed by atoms with van der Waals surface area (Å²) in [5.41, 5.74) is 3.39. The monoisotopic (exact) mass is 579 g/mol. The number of aromatic nitrogens is 3. The second kappa shape index (κ2) is 12.7. The molecule has 0 radical (unpaired) electrons. The first-order valence-electron chi connectivity index (χ1n) is 13.4. The molecule has 2 aromatic heterocycles. The fraction of sp³-hybridized carbons (Fsp3) is 0.333. The minimum atomic E-state index is -4.36. The predicted octanol–water partition coefficient (Wildman–Crippen LogP) is 6.39. The zero-order valence-corrected chi connectivity index (χ0v) is 23.7. The predicted molar refractivity (Wildman–Crippen MR) is 160 cm³/mol. The van der Waals surface area contributed by atoms with Crippen molar-refractivity contribution in [3.8, 4) is 11.8 Å². The number of halogens is 3. The Balaban J connectivity index is 1.26. The van der Waals surface area contributed by atoms with Gasteiger partial charge in [-0.3, -0.25) is 4.98 Å². The van der Waals surface area contributed by atoms with Gasteiger partial charge in [0, 0.05) is 40.1 Å². The number of hydrogen-bond acceptors (Lipinski definition) is 7. The summed E-state index contributed by atoms with van der Waals surface area (Å²) in [5.74, 6) is 6.69. The second-order valence-corrected chi connectivity index (χ2v) is 10.9. The van der Waals surface area contributed by atoms with Crippen molar-refractivity contribution in [3.05, 3.63) is 72.3 Å². The van der Waals surface area contributed by atoms with Gasteiger partial charge >= 0.3 is 6.18 Å². The van der Waals surface area contributed by atoms with Crippen LogP contribution in [0.2, 0.25) is 0 Å². The van der Waals surface area contributed by atoms with Gasteiger partial charge in [-0.25, -0.2) is 4.98 Å². The van der Waals surface area contributed by atoms with Crippen LogP contribution < -0.4 is 15.4 Å². The van der Waals surface area contributed by atoms with Gasteiger partial charge in [0.15, 0.2) is 5.82 Å². The molecule has 1 aliphatic heterocycles. The maximum absolute atomic E-state index is 13.5. The largest absolute Gasteiger partial charge is 0.406 e. The van der Waals surface area contributed by atoms with Crippen molar-refractivity contribution < 1.29 is 13.2 Å². The molecule has 1 fully saturated rings. The second-order valence-electron chi connectivity index (χ2n) is 10.1. The van der Waals surface area contributed by atoms with Crippen LogP contribution in [0.1, 0.15) is 24.2 Å². The molecule has 0 bridgehead atoms. The number of benzene rings is 2. The molecule has 41 heavy (non-hydrogen) atoms. The fourth-order valence-electron chi connectivity index (χ4n) is 4.77. The Morgan fingerprint density at radius 3 is 2.54 bits per heavy atom. The van der Waals surface area contributed by atoms with Gasteiger partial charge in [0.05, 0.1) is 23.4 Å². The van der Waals surface area contributed by atoms with E-state index < -0.39 is 12.7 Å². The van der Waals surface area contributed by atoms with E-state index in [4.69, 9.17) is 0 Å². The molecule has 214 valence electrons. The van der Waals surface area contributed by atoms with E-state index in [-0.39, 0.29) is 6.54 Å². The summed E-state index contributed by atoms with van der Waals surface area (Å²) in [6.45, 7) is 3.07. The molecule has 3 heterocycles. The molecule has 0 spiro atoms. The molecule has 0 amide bonds. The summed E-state index contributed by atoms with van der Waals surface area (Å²) in [6, 6.07) is 15.3. The molecule has 0 unspecified atom stereocenters. The highest BCUT2D eigenvalue weighted by molar-refractivity contribution is 8.00. The van der Waals surface area contributed by atoms with Crippen LogP contribution in [0.3, 0.4) is 0 Å². The molecule has 0 aliphatic carbocycles. The summed E-state index contributed by atoms with van der Waals surface area (Å²) < 4.78 is 45.1. The summed E-state index contributed by atoms with van der Waals surface area (Å²) in [6.07, 6.45) is 0.908. The van der Waals surface area contributed by atoms with Crippen LogP contribution in [-0.2, 0) is 6.54 Å². The van der Waals surface area contributed by atoms with Crippen molar-refractivity contribution in [1.82, 2.24) is 19.4 Å². The molecule has 2 aromatic carbocycles. The average molecular weight is 580 g/mol. The third-order valence-electron chi connectivity index (χ3n) is 6.96. The highest BCUT2D eigenvalue weighted by Crippen LogP contribution is 2.31. The Bertz CT molecular complexity index is 1530. The molecular weight excluding hydrogens is 547 g/mol. The van der Waals surface area contributed by atoms with E-state index in [9.17, 15) is 13.2 Å². The fourth-order valence-corrected chi connectivity index (χ4v) is 5.46. The zero-order valence-electron chi connectivity index (χ0n) is 22.9. The number of hydrogen-bond donors (Lipinski definition) is 3. The number of alkyl halides is 3. The molecule has 1 aliphatic rings. The van der Waals surface area contributed by atoms with Crippen LogP contribution in [-0.4, -0.2) is 58.3 Å². The number of likely N-dealkylation sites (tertiary alicyclic amines) is 1. The van der Waals surface area contributed by atoms with E-state index >= 15 is 0 Å². The molecule has 4 aromatic rings. The first kappa shape index (κ1) is 28.6. The van der Waals surface area contributed by atoms with Crippen molar-refractivity contribution >= 4 is 40.0 Å². The van der Waals surface area contributed by atoms with Gasteiger partial charge in [-0.15, -0.1) is 0 Å². The lowest BCUT2D eigenvalue weighted by molar-refractivity contribution is -0.140. The van der Waals surface area contributed by atoms with Crippen molar-refractivity contribution in [2.45, 2.75) is 43.4 Å². The normalized spacial score (nSPS) is 14.5. The first-order chi connectivity index (χ1) is 19.7. The lowest BCUT2D eigenvalue weighted by Crippen LogP contribution is -2.36. The Morgan fingerprint density at radius 2 is 1.80 bits per heavy atom. The molecule has 1 saturated heterocycles. The molecule has 0 atom stereocenters. The molecule has 11 heteroatoms. The van der Waals surface area contributed by atoms with Crippen LogP contribution in [0.25, 0.3) is 10.9 Å². The van der Waals surface area contributed by atoms with E-state index in [2.05, 4.69) is 49.1 Å². The van der Waals surface area contributed by atoms with E-state index in [0.717, 1.165) is 53.3 Å². The molecular formula is C30H32F3N7S. The van der Waals surface area contributed by atoms with Crippen molar-refractivity contribution in [1.29, 1.82) is 0 Å². The van der Waals surface area contributed by atoms with Crippen LogP contribution in [0.4, 0.5) is 30.4 Å². The van der Waals surface area contributed by atoms with Crippen LogP contribution >= 0.6 is 11.9 Å². The van der Waals surface area contributed by atoms with Gasteiger partial charge in [0.2, 0.25) is 0 Å². The quantitative estimate of drug-likeness (QED) is 0.165. The Hall–Kier alpha value is -3.88. The number of nitrogens with one attached hydrogen (secondary N) is 3. The third-order valence-corrected chi connectivity index (χ3v) is 7.76. The number of fused-ring (bicyclic) bond motifs is 1. The summed E-state index contributed by atoms with van der Waals surface area (Å²) in [4.78, 5) is 11.8. The Kier molecular flexibility index (Phi) is 8.90. The van der Waals surface area contributed by atoms with Crippen molar-refractivity contribution in [2.75, 3.05) is 42.0 Å². The number of piperidine rings is 1. The minimum Gasteiger partial charge on any atom is -0.382 e. The lowest BCUT2D eigenvalue weighted by Gasteiger charge is -2.30. The summed E-state index contributed by atoms with van der Waals surface area (Å²) in [7, 11) is 2.10. The van der Waals surface area contributed by atoms with Gasteiger partial charge in [-0.2, -0.15) is 13.2 Å². The topological polar surface area (TPSA) is 70.0 Å². The van der Waals surface area contributed by atoms with Crippen molar-refractivity contribution in [3.63, 3.8) is 0 Å². The first-order valence-corrected chi connectivity index (χ1v) is 14.2. The highest BCUT2D eigenvalue weighted by Gasteiger charge is 2.30. The molecule has 3 N–H and O–H groups in total. The minimum absolute atomic E-state index is 0.289. The number of anilines is 3. The smallest absolute Gasteiger partial charge is 0.382 e. The maximum atomic E-state index is 13.5. The van der Waals surface area contributed by atoms with E-state index in [1.54, 1.807) is 30.6 Å². The third kappa shape index (κ3) is 7.65. The van der Waals surface area contributed by atoms with Crippen LogP contribution in [0.5, 0.6) is 0 Å². The number of rotatable bonds is 8. The van der Waals surface area contributed by atoms with Gasteiger partial charge in [0.1, 0.15) is 6.54 Å². The van der Waals surface area contributed by atoms with Crippen LogP contribution in [0.15, 0.2) is 65.8 Å². The summed E-state index contributed by atoms with van der Waals surface area (Å²) in [5, 5.41) is 7.55. The molecule has 7 nitrogen and oxygen atoms in total. The molecule has 0 saturated carbocycles. The van der Waals surface area contributed by atoms with Crippen molar-refractivity contribution in [2.24, 2.45) is 0 Å². The number of aryl methyl sites for hydroxylation is 1. The molecule has 5 rings (SSSR count). The summed E-state index contributed by atoms with van der Waals surface area (Å²) >= 11 is 1.43. The Morgan fingerprint density at radius 1 is 1.05 bits per heavy atom. The highest BCUT2D eigenvalue weighted by atomic mass is 32.2. The number of nitrogens with zero attached hydrogens (tertiary/aromatic N) is 4. The van der Waals surface area contributed by atoms with Gasteiger partial charge in [-0.05, 0) is 100 Å². The average Bonchev–Trinajstić information content (AvgIpc) is 3.29. The van der Waals surface area contributed by atoms with E-state index in [0.29, 0.717) is 23.1 Å². The van der Waals surface area contributed by atoms with Crippen LogP contribution in [0, 0.1) is 18.8 Å². The maximum Gasteiger partial charge on any atom is 0.406 e. The lowest BCUT2D eigenvalue weighted by atomic mass is 10.0. The standard InChI is InChI=1S/C30H32F3N7S/c1-21-29(36-16-15-34-21)38-41-25-10-8-22(9-11-25)35-14-4-5-24-19-26-27(37-23-12-17-39(2)18-13-23)6-3-7-28(26)40(24)20-30(31,32)33/h3,6-11,15-16,19,23,35,37H,12-14,17-18,20H2,1-2H3,(H,36,38). The Labute approximate surface area is 242 Å². The zero-order chi connectivity index (χ0) is 28.8. The SMILES string of the molecule is Cc1nccnc1NSc1ccc(NCC#Cc2cc3c(NC4CCN(C)CC4)cccc3n2CC(F)(F)F)cc1. The van der Waals surface area contributed by atoms with Gasteiger partial charge < -0.3 is 24.8 Å². The van der Waals surface area contributed by atoms with Gasteiger partial charge in [-0.1, -0.05) is 12.0 Å². The van der Waals surface area contributed by atoms with E-state index in [1.807, 2.05) is 37.3 Å². The van der Waals surface area contributed by atoms with E-state index in [1.165, 1.54) is 16.5 Å². The van der Waals surface area contributed by atoms with Gasteiger partial charge in [0.25, 0.3) is 0 Å².